The summed E-state index contributed by atoms with van der Waals surface area (Å²) in [4.78, 5) is 27.8. The minimum Gasteiger partial charge on any atom is -0.383 e. The molecule has 0 aliphatic carbocycles. The molecule has 0 radical (unpaired) electrons. The van der Waals surface area contributed by atoms with E-state index in [0.29, 0.717) is 25.4 Å². The summed E-state index contributed by atoms with van der Waals surface area (Å²) in [5.74, 6) is 0.368. The van der Waals surface area contributed by atoms with Crippen molar-refractivity contribution in [2.24, 2.45) is 0 Å². The Morgan fingerprint density at radius 2 is 1.63 bits per heavy atom. The number of nitrogens with one attached hydrogen (secondary N) is 1. The Hall–Kier alpha value is -2.67. The molecular weight excluding hydrogens is 476 g/mol. The third-order valence-electron chi connectivity index (χ3n) is 6.84. The zero-order chi connectivity index (χ0) is 28.0. The summed E-state index contributed by atoms with van der Waals surface area (Å²) in [7, 11) is 1.61. The van der Waals surface area contributed by atoms with Crippen LogP contribution in [0.3, 0.4) is 0 Å². The second kappa shape index (κ2) is 16.3. The van der Waals surface area contributed by atoms with Gasteiger partial charge in [-0.2, -0.15) is 5.10 Å². The zero-order valence-corrected chi connectivity index (χ0v) is 24.6. The smallest absolute Gasteiger partial charge is 0.245 e. The Labute approximate surface area is 230 Å². The number of methoxy groups -OCH3 is 1. The lowest BCUT2D eigenvalue weighted by atomic mass is 9.92. The second-order valence-electron chi connectivity index (χ2n) is 11.3. The molecule has 1 N–H and O–H groups in total. The van der Waals surface area contributed by atoms with E-state index in [1.54, 1.807) is 16.7 Å². The first kappa shape index (κ1) is 31.5. The number of carbonyl (C=O) groups is 2. The molecule has 0 atom stereocenters. The molecular formula is C31H50N4O3. The van der Waals surface area contributed by atoms with Crippen LogP contribution in [0.4, 0.5) is 5.82 Å². The van der Waals surface area contributed by atoms with Crippen molar-refractivity contribution in [2.75, 3.05) is 32.1 Å². The molecule has 2 rings (SSSR count). The van der Waals surface area contributed by atoms with E-state index in [1.165, 1.54) is 38.5 Å². The molecule has 1 aromatic heterocycles. The fourth-order valence-corrected chi connectivity index (χ4v) is 4.42. The number of anilines is 1. The fraction of sp³-hybridized carbons (Fsp3) is 0.645. The highest BCUT2D eigenvalue weighted by molar-refractivity contribution is 5.94. The average Bonchev–Trinajstić information content (AvgIpc) is 3.29. The van der Waals surface area contributed by atoms with Crippen molar-refractivity contribution in [3.05, 3.63) is 41.6 Å². The van der Waals surface area contributed by atoms with E-state index >= 15 is 0 Å². The largest absolute Gasteiger partial charge is 0.383 e. The summed E-state index contributed by atoms with van der Waals surface area (Å²) in [5, 5.41) is 7.84. The first-order chi connectivity index (χ1) is 18.2. The molecule has 2 aromatic rings. The summed E-state index contributed by atoms with van der Waals surface area (Å²) in [6.45, 7) is 11.3. The van der Waals surface area contributed by atoms with Crippen molar-refractivity contribution in [1.29, 1.82) is 0 Å². The van der Waals surface area contributed by atoms with Gasteiger partial charge in [-0.15, -0.1) is 0 Å². The molecule has 0 spiro atoms. The van der Waals surface area contributed by atoms with Gasteiger partial charge in [0.2, 0.25) is 11.8 Å². The third kappa shape index (κ3) is 10.6. The lowest BCUT2D eigenvalue weighted by Gasteiger charge is -2.22. The van der Waals surface area contributed by atoms with E-state index in [0.717, 1.165) is 36.2 Å². The summed E-state index contributed by atoms with van der Waals surface area (Å²) < 4.78 is 7.00. The molecule has 0 unspecified atom stereocenters. The first-order valence-electron chi connectivity index (χ1n) is 14.4. The minimum atomic E-state index is -0.239. The molecule has 0 aliphatic rings. The van der Waals surface area contributed by atoms with Crippen molar-refractivity contribution in [3.63, 3.8) is 0 Å². The van der Waals surface area contributed by atoms with E-state index in [2.05, 4.69) is 33.0 Å². The number of rotatable bonds is 17. The normalized spacial score (nSPS) is 11.5. The molecule has 212 valence electrons. The Bertz CT molecular complexity index is 993. The number of carbonyl (C=O) groups excluding carboxylic acids is 2. The van der Waals surface area contributed by atoms with Crippen molar-refractivity contribution in [1.82, 2.24) is 14.7 Å². The third-order valence-corrected chi connectivity index (χ3v) is 6.84. The molecule has 7 nitrogen and oxygen atoms in total. The molecule has 0 saturated heterocycles. The number of nitrogens with zero attached hydrogens (tertiary/aromatic N) is 3. The molecule has 0 fully saturated rings. The maximum Gasteiger partial charge on any atom is 0.245 e. The van der Waals surface area contributed by atoms with Crippen LogP contribution in [0.15, 0.2) is 30.3 Å². The predicted octanol–water partition coefficient (Wildman–Crippen LogP) is 6.81. The van der Waals surface area contributed by atoms with Crippen molar-refractivity contribution >= 4 is 17.6 Å². The van der Waals surface area contributed by atoms with Gasteiger partial charge in [0, 0.05) is 31.6 Å². The van der Waals surface area contributed by atoms with E-state index in [4.69, 9.17) is 9.84 Å². The lowest BCUT2D eigenvalue weighted by Crippen LogP contribution is -2.40. The van der Waals surface area contributed by atoms with Crippen LogP contribution in [-0.2, 0) is 19.7 Å². The standard InChI is InChI=1S/C31H50N4O3/c1-7-8-9-10-11-12-13-14-15-20-30(37)34(21-22-38-6)24-29(36)32-28-23-27(31(3,4)5)33-35(28)26-19-17-16-18-25(26)2/h16-19,23H,7-15,20-22,24H2,1-6H3,(H,32,36). The van der Waals surface area contributed by atoms with Crippen LogP contribution in [0.2, 0.25) is 0 Å². The van der Waals surface area contributed by atoms with E-state index in [1.807, 2.05) is 37.3 Å². The minimum absolute atomic E-state index is 0.00272. The topological polar surface area (TPSA) is 76.5 Å². The molecule has 1 aromatic carbocycles. The number of unbranched alkanes of at least 4 members (excludes halogenated alkanes) is 8. The number of hydrogen-bond acceptors (Lipinski definition) is 4. The monoisotopic (exact) mass is 526 g/mol. The van der Waals surface area contributed by atoms with Crippen LogP contribution in [0.1, 0.15) is 103 Å². The van der Waals surface area contributed by atoms with Gasteiger partial charge < -0.3 is 15.0 Å². The van der Waals surface area contributed by atoms with E-state index in [-0.39, 0.29) is 23.8 Å². The number of aryl methyl sites for hydroxylation is 1. The van der Waals surface area contributed by atoms with Gasteiger partial charge in [-0.25, -0.2) is 4.68 Å². The van der Waals surface area contributed by atoms with Crippen LogP contribution in [0.25, 0.3) is 5.69 Å². The highest BCUT2D eigenvalue weighted by Gasteiger charge is 2.23. The van der Waals surface area contributed by atoms with Crippen LogP contribution in [0.5, 0.6) is 0 Å². The van der Waals surface area contributed by atoms with E-state index < -0.39 is 0 Å². The molecule has 38 heavy (non-hydrogen) atoms. The number of ether oxygens (including phenoxy) is 1. The lowest BCUT2D eigenvalue weighted by molar-refractivity contribution is -0.135. The fourth-order valence-electron chi connectivity index (χ4n) is 4.42. The van der Waals surface area contributed by atoms with Gasteiger partial charge in [-0.3, -0.25) is 9.59 Å². The Kier molecular flexibility index (Phi) is 13.6. The molecule has 2 amide bonds. The Morgan fingerprint density at radius 1 is 1.00 bits per heavy atom. The van der Waals surface area contributed by atoms with Crippen LogP contribution < -0.4 is 5.32 Å². The van der Waals surface area contributed by atoms with Crippen LogP contribution in [-0.4, -0.2) is 53.3 Å². The van der Waals surface area contributed by atoms with Crippen LogP contribution >= 0.6 is 0 Å². The van der Waals surface area contributed by atoms with Gasteiger partial charge in [0.1, 0.15) is 5.82 Å². The zero-order valence-electron chi connectivity index (χ0n) is 24.6. The summed E-state index contributed by atoms with van der Waals surface area (Å²) >= 11 is 0. The summed E-state index contributed by atoms with van der Waals surface area (Å²) in [6.07, 6.45) is 11.3. The van der Waals surface area contributed by atoms with Gasteiger partial charge in [0.25, 0.3) is 0 Å². The Balaban J connectivity index is 1.99. The average molecular weight is 527 g/mol. The first-order valence-corrected chi connectivity index (χ1v) is 14.4. The van der Waals surface area contributed by atoms with E-state index in [9.17, 15) is 9.59 Å². The maximum absolute atomic E-state index is 13.2. The van der Waals surface area contributed by atoms with Gasteiger partial charge in [0.05, 0.1) is 24.5 Å². The van der Waals surface area contributed by atoms with Gasteiger partial charge in [-0.1, -0.05) is 97.3 Å². The number of amides is 2. The van der Waals surface area contributed by atoms with Crippen molar-refractivity contribution < 1.29 is 14.3 Å². The van der Waals surface area contributed by atoms with Crippen molar-refractivity contribution in [3.8, 4) is 5.69 Å². The van der Waals surface area contributed by atoms with Gasteiger partial charge >= 0.3 is 0 Å². The molecule has 0 bridgehead atoms. The number of hydrogen-bond donors (Lipinski definition) is 1. The second-order valence-corrected chi connectivity index (χ2v) is 11.3. The SMILES string of the molecule is CCCCCCCCCCCC(=O)N(CCOC)CC(=O)Nc1cc(C(C)(C)C)nn1-c1ccccc1C. The quantitative estimate of drug-likeness (QED) is 0.230. The number of aromatic nitrogens is 2. The number of para-hydroxylation sites is 1. The molecule has 0 saturated carbocycles. The summed E-state index contributed by atoms with van der Waals surface area (Å²) in [6, 6.07) is 9.89. The van der Waals surface area contributed by atoms with Gasteiger partial charge in [-0.05, 0) is 25.0 Å². The predicted molar refractivity (Wildman–Crippen MR) is 156 cm³/mol. The molecule has 7 heteroatoms. The maximum atomic E-state index is 13.2. The molecule has 0 aliphatic heterocycles. The highest BCUT2D eigenvalue weighted by Crippen LogP contribution is 2.27. The molecule has 1 heterocycles. The Morgan fingerprint density at radius 3 is 2.24 bits per heavy atom. The van der Waals surface area contributed by atoms with Crippen LogP contribution in [0, 0.1) is 6.92 Å². The summed E-state index contributed by atoms with van der Waals surface area (Å²) in [5.41, 5.74) is 2.68. The van der Waals surface area contributed by atoms with Gasteiger partial charge in [0.15, 0.2) is 0 Å². The highest BCUT2D eigenvalue weighted by atomic mass is 16.5. The van der Waals surface area contributed by atoms with Crippen molar-refractivity contribution in [2.45, 2.75) is 104 Å². The number of benzene rings is 1.